The van der Waals surface area contributed by atoms with E-state index in [-0.39, 0.29) is 11.8 Å². The molecule has 0 saturated heterocycles. The number of carbonyl (C=O) groups excluding carboxylic acids is 1. The smallest absolute Gasteiger partial charge is 0.149 e. The molecule has 1 aliphatic rings. The van der Waals surface area contributed by atoms with E-state index in [2.05, 4.69) is 11.4 Å². The van der Waals surface area contributed by atoms with E-state index in [9.17, 15) is 9.90 Å². The molecule has 0 aliphatic heterocycles. The molecule has 1 aromatic rings. The second kappa shape index (κ2) is 4.82. The molecule has 2 atom stereocenters. The standard InChI is InChI=1S/C15H21NO2/c1-10(17)15(2,3)16-14-12-7-5-4-6-11(12)8-9-13(14)18/h4-7,13-14,16,18H,8-9H2,1-3H3/t13-,14-/m0/s1. The van der Waals surface area contributed by atoms with Crippen LogP contribution in [-0.4, -0.2) is 22.5 Å². The number of aliphatic hydroxyl groups is 1. The summed E-state index contributed by atoms with van der Waals surface area (Å²) < 4.78 is 0. The SMILES string of the molecule is CC(=O)C(C)(C)N[C@H]1c2ccccc2CC[C@@H]1O. The molecule has 0 fully saturated rings. The Morgan fingerprint density at radius 1 is 1.39 bits per heavy atom. The number of ketones is 1. The highest BCUT2D eigenvalue weighted by molar-refractivity contribution is 5.85. The van der Waals surface area contributed by atoms with Gasteiger partial charge < -0.3 is 5.11 Å². The van der Waals surface area contributed by atoms with Gasteiger partial charge in [0.05, 0.1) is 17.7 Å². The molecule has 0 amide bonds. The van der Waals surface area contributed by atoms with Crippen molar-refractivity contribution < 1.29 is 9.90 Å². The second-order valence-electron chi connectivity index (χ2n) is 5.61. The van der Waals surface area contributed by atoms with Crippen LogP contribution in [0.15, 0.2) is 24.3 Å². The maximum atomic E-state index is 11.6. The first kappa shape index (κ1) is 13.2. The number of aliphatic hydroxyl groups excluding tert-OH is 1. The van der Waals surface area contributed by atoms with Gasteiger partial charge in [0, 0.05) is 0 Å². The topological polar surface area (TPSA) is 49.3 Å². The van der Waals surface area contributed by atoms with Crippen LogP contribution in [0.4, 0.5) is 0 Å². The monoisotopic (exact) mass is 247 g/mol. The Balaban J connectivity index is 2.30. The van der Waals surface area contributed by atoms with Crippen LogP contribution < -0.4 is 5.32 Å². The molecule has 0 aromatic heterocycles. The number of carbonyl (C=O) groups is 1. The van der Waals surface area contributed by atoms with Gasteiger partial charge in [0.2, 0.25) is 0 Å². The summed E-state index contributed by atoms with van der Waals surface area (Å²) in [6.07, 6.45) is 1.21. The minimum Gasteiger partial charge on any atom is -0.391 e. The first-order valence-corrected chi connectivity index (χ1v) is 6.46. The Bertz CT molecular complexity index is 454. The third-order valence-corrected chi connectivity index (χ3v) is 3.88. The van der Waals surface area contributed by atoms with Gasteiger partial charge in [-0.25, -0.2) is 0 Å². The number of hydrogen-bond acceptors (Lipinski definition) is 3. The van der Waals surface area contributed by atoms with Crippen LogP contribution in [0.3, 0.4) is 0 Å². The molecule has 0 saturated carbocycles. The quantitative estimate of drug-likeness (QED) is 0.859. The summed E-state index contributed by atoms with van der Waals surface area (Å²) in [6, 6.07) is 7.96. The highest BCUT2D eigenvalue weighted by atomic mass is 16.3. The van der Waals surface area contributed by atoms with Crippen molar-refractivity contribution in [2.75, 3.05) is 0 Å². The average molecular weight is 247 g/mol. The number of fused-ring (bicyclic) bond motifs is 1. The number of rotatable bonds is 3. The second-order valence-corrected chi connectivity index (χ2v) is 5.61. The fourth-order valence-corrected chi connectivity index (χ4v) is 2.41. The van der Waals surface area contributed by atoms with E-state index in [1.165, 1.54) is 5.56 Å². The lowest BCUT2D eigenvalue weighted by molar-refractivity contribution is -0.122. The molecule has 0 spiro atoms. The van der Waals surface area contributed by atoms with Crippen molar-refractivity contribution in [2.45, 2.75) is 51.3 Å². The molecule has 3 nitrogen and oxygen atoms in total. The van der Waals surface area contributed by atoms with Gasteiger partial charge in [0.25, 0.3) is 0 Å². The summed E-state index contributed by atoms with van der Waals surface area (Å²) in [7, 11) is 0. The van der Waals surface area contributed by atoms with Gasteiger partial charge in [0.15, 0.2) is 0 Å². The van der Waals surface area contributed by atoms with Crippen LogP contribution in [0.5, 0.6) is 0 Å². The van der Waals surface area contributed by atoms with Crippen LogP contribution in [0.25, 0.3) is 0 Å². The van der Waals surface area contributed by atoms with Gasteiger partial charge in [-0.1, -0.05) is 24.3 Å². The molecule has 1 aliphatic carbocycles. The molecule has 1 aromatic carbocycles. The van der Waals surface area contributed by atoms with E-state index in [1.54, 1.807) is 6.92 Å². The van der Waals surface area contributed by atoms with Gasteiger partial charge in [-0.05, 0) is 44.7 Å². The van der Waals surface area contributed by atoms with Crippen molar-refractivity contribution in [3.63, 3.8) is 0 Å². The van der Waals surface area contributed by atoms with E-state index in [4.69, 9.17) is 0 Å². The summed E-state index contributed by atoms with van der Waals surface area (Å²) in [5, 5.41) is 13.5. The van der Waals surface area contributed by atoms with Crippen molar-refractivity contribution >= 4 is 5.78 Å². The number of nitrogens with one attached hydrogen (secondary N) is 1. The molecule has 2 N–H and O–H groups in total. The van der Waals surface area contributed by atoms with Crippen LogP contribution in [-0.2, 0) is 11.2 Å². The highest BCUT2D eigenvalue weighted by Crippen LogP contribution is 2.31. The summed E-state index contributed by atoms with van der Waals surface area (Å²) in [5.74, 6) is 0.0813. The first-order valence-electron chi connectivity index (χ1n) is 6.46. The molecular weight excluding hydrogens is 226 g/mol. The Morgan fingerprint density at radius 2 is 2.06 bits per heavy atom. The lowest BCUT2D eigenvalue weighted by Gasteiger charge is -2.36. The van der Waals surface area contributed by atoms with Crippen molar-refractivity contribution in [2.24, 2.45) is 0 Å². The predicted octanol–water partition coefficient (Wildman–Crippen LogP) is 1.99. The van der Waals surface area contributed by atoms with E-state index >= 15 is 0 Å². The third kappa shape index (κ3) is 2.47. The number of hydrogen-bond donors (Lipinski definition) is 2. The molecule has 0 bridgehead atoms. The zero-order chi connectivity index (χ0) is 13.3. The summed E-state index contributed by atoms with van der Waals surface area (Å²) in [4.78, 5) is 11.6. The average Bonchev–Trinajstić information content (AvgIpc) is 2.32. The molecule has 0 radical (unpaired) electrons. The van der Waals surface area contributed by atoms with Crippen molar-refractivity contribution in [1.29, 1.82) is 0 Å². The Kier molecular flexibility index (Phi) is 3.55. The lowest BCUT2D eigenvalue weighted by Crippen LogP contribution is -2.51. The zero-order valence-corrected chi connectivity index (χ0v) is 11.2. The number of aryl methyl sites for hydroxylation is 1. The largest absolute Gasteiger partial charge is 0.391 e. The molecule has 98 valence electrons. The van der Waals surface area contributed by atoms with Crippen molar-refractivity contribution in [3.05, 3.63) is 35.4 Å². The van der Waals surface area contributed by atoms with E-state index in [0.29, 0.717) is 0 Å². The fraction of sp³-hybridized carbons (Fsp3) is 0.533. The predicted molar refractivity (Wildman–Crippen MR) is 71.4 cm³/mol. The van der Waals surface area contributed by atoms with E-state index in [1.807, 2.05) is 32.0 Å². The van der Waals surface area contributed by atoms with Gasteiger partial charge >= 0.3 is 0 Å². The molecule has 3 heteroatoms. The summed E-state index contributed by atoms with van der Waals surface area (Å²) in [6.45, 7) is 5.30. The minimum atomic E-state index is -0.615. The molecule has 0 unspecified atom stereocenters. The first-order chi connectivity index (χ1) is 8.42. The molecule has 2 rings (SSSR count). The number of Topliss-reactive ketones (excluding diaryl/α,β-unsaturated/α-hetero) is 1. The normalized spacial score (nSPS) is 23.6. The molecule has 0 heterocycles. The van der Waals surface area contributed by atoms with Crippen molar-refractivity contribution in [1.82, 2.24) is 5.32 Å². The van der Waals surface area contributed by atoms with Crippen LogP contribution >= 0.6 is 0 Å². The Labute approximate surface area is 108 Å². The van der Waals surface area contributed by atoms with Crippen LogP contribution in [0.1, 0.15) is 44.4 Å². The highest BCUT2D eigenvalue weighted by Gasteiger charge is 2.34. The minimum absolute atomic E-state index is 0.0813. The Morgan fingerprint density at radius 3 is 2.72 bits per heavy atom. The lowest BCUT2D eigenvalue weighted by atomic mass is 9.84. The van der Waals surface area contributed by atoms with Crippen molar-refractivity contribution in [3.8, 4) is 0 Å². The van der Waals surface area contributed by atoms with Crippen LogP contribution in [0.2, 0.25) is 0 Å². The van der Waals surface area contributed by atoms with E-state index in [0.717, 1.165) is 18.4 Å². The molecule has 18 heavy (non-hydrogen) atoms. The van der Waals surface area contributed by atoms with E-state index < -0.39 is 11.6 Å². The maximum Gasteiger partial charge on any atom is 0.149 e. The summed E-state index contributed by atoms with van der Waals surface area (Å²) >= 11 is 0. The zero-order valence-electron chi connectivity index (χ0n) is 11.2. The Hall–Kier alpha value is -1.19. The third-order valence-electron chi connectivity index (χ3n) is 3.88. The maximum absolute atomic E-state index is 11.6. The fourth-order valence-electron chi connectivity index (χ4n) is 2.41. The summed E-state index contributed by atoms with van der Waals surface area (Å²) in [5.41, 5.74) is 1.76. The van der Waals surface area contributed by atoms with Gasteiger partial charge in [0.1, 0.15) is 5.78 Å². The van der Waals surface area contributed by atoms with Gasteiger partial charge in [-0.15, -0.1) is 0 Å². The van der Waals surface area contributed by atoms with Gasteiger partial charge in [-0.2, -0.15) is 0 Å². The van der Waals surface area contributed by atoms with Gasteiger partial charge in [-0.3, -0.25) is 10.1 Å². The number of benzene rings is 1. The molecular formula is C15H21NO2. The van der Waals surface area contributed by atoms with Crippen LogP contribution in [0, 0.1) is 0 Å².